The fourth-order valence-corrected chi connectivity index (χ4v) is 11.1. The van der Waals surface area contributed by atoms with Crippen molar-refractivity contribution in [2.45, 2.75) is 122 Å². The van der Waals surface area contributed by atoms with Gasteiger partial charge >= 0.3 is 0 Å². The number of hydrogen-bond donors (Lipinski definition) is 0. The molecule has 0 radical (unpaired) electrons. The maximum Gasteiger partial charge on any atom is 0.250 e. The van der Waals surface area contributed by atoms with Crippen LogP contribution in [0.1, 0.15) is 75.2 Å². The lowest BCUT2D eigenvalue weighted by atomic mass is 9.98. The molecule has 0 aromatic carbocycles. The smallest absolute Gasteiger partial charge is 0.250 e. The summed E-state index contributed by atoms with van der Waals surface area (Å²) < 4.78 is 13.5. The minimum Gasteiger partial charge on any atom is -0.547 e. The van der Waals surface area contributed by atoms with Gasteiger partial charge in [-0.1, -0.05) is 67.4 Å². The summed E-state index contributed by atoms with van der Waals surface area (Å²) in [6.45, 7) is 25.0. The number of rotatable bonds is 8. The van der Waals surface area contributed by atoms with Gasteiger partial charge in [-0.25, -0.2) is 0 Å². The monoisotopic (exact) mass is 425 g/mol. The van der Waals surface area contributed by atoms with Crippen LogP contribution >= 0.6 is 0 Å². The molecule has 0 N–H and O–H groups in total. The molecule has 0 unspecified atom stereocenters. The summed E-state index contributed by atoms with van der Waals surface area (Å²) in [6.07, 6.45) is 3.53. The molecule has 5 nitrogen and oxygen atoms in total. The lowest BCUT2D eigenvalue weighted by Crippen LogP contribution is -2.52. The summed E-state index contributed by atoms with van der Waals surface area (Å²) in [4.78, 5) is 3.14. The van der Waals surface area contributed by atoms with E-state index in [0.29, 0.717) is 23.0 Å². The Balaban J connectivity index is 3.15. The van der Waals surface area contributed by atoms with Crippen molar-refractivity contribution in [3.05, 3.63) is 22.3 Å². The topological polar surface area (TPSA) is 67.2 Å². The molecule has 0 bridgehead atoms. The summed E-state index contributed by atoms with van der Waals surface area (Å²) in [6, 6.07) is -0.196. The highest BCUT2D eigenvalue weighted by atomic mass is 28.4. The van der Waals surface area contributed by atoms with Crippen LogP contribution in [0, 0.1) is 0 Å². The Morgan fingerprint density at radius 3 is 1.96 bits per heavy atom. The molecule has 0 aliphatic heterocycles. The summed E-state index contributed by atoms with van der Waals surface area (Å²) in [5.41, 5.74) is 10.7. The summed E-state index contributed by atoms with van der Waals surface area (Å²) in [5.74, 6) is 0.981. The minimum atomic E-state index is -2.03. The van der Waals surface area contributed by atoms with Crippen molar-refractivity contribution >= 4 is 16.6 Å². The molecular formula is C21H43N3O2Si2. The minimum absolute atomic E-state index is 0.0541. The zero-order valence-electron chi connectivity index (χ0n) is 20.0. The van der Waals surface area contributed by atoms with Gasteiger partial charge in [-0.3, -0.25) is 0 Å². The van der Waals surface area contributed by atoms with E-state index in [1.807, 2.05) is 0 Å². The van der Waals surface area contributed by atoms with Crippen LogP contribution in [-0.2, 0) is 8.85 Å². The highest BCUT2D eigenvalue weighted by Gasteiger charge is 2.48. The quantitative estimate of drug-likeness (QED) is 0.171. The SMILES string of the molecule is CC(C)[Si](O[C@H]1CC=C(O[Si](C)(C)C(C)(C)C)C[C@@H]1N=[N+]=[N-])(C(C)C)C(C)C. The number of azide groups is 1. The second-order valence-electron chi connectivity index (χ2n) is 10.7. The van der Waals surface area contributed by atoms with Crippen LogP contribution in [0.4, 0.5) is 0 Å². The molecule has 28 heavy (non-hydrogen) atoms. The molecule has 0 aromatic rings. The highest BCUT2D eigenvalue weighted by Crippen LogP contribution is 2.45. The van der Waals surface area contributed by atoms with Crippen LogP contribution in [0.25, 0.3) is 10.4 Å². The first-order chi connectivity index (χ1) is 12.7. The zero-order chi connectivity index (χ0) is 21.9. The predicted molar refractivity (Wildman–Crippen MR) is 124 cm³/mol. The van der Waals surface area contributed by atoms with E-state index in [1.165, 1.54) is 0 Å². The van der Waals surface area contributed by atoms with E-state index in [9.17, 15) is 5.53 Å². The van der Waals surface area contributed by atoms with E-state index in [1.54, 1.807) is 0 Å². The van der Waals surface area contributed by atoms with E-state index < -0.39 is 16.6 Å². The van der Waals surface area contributed by atoms with Gasteiger partial charge in [-0.15, -0.1) is 0 Å². The number of hydrogen-bond acceptors (Lipinski definition) is 3. The first kappa shape index (κ1) is 25.3. The second-order valence-corrected chi connectivity index (χ2v) is 20.9. The van der Waals surface area contributed by atoms with Gasteiger partial charge in [0.2, 0.25) is 16.6 Å². The fraction of sp³-hybridized carbons (Fsp3) is 0.905. The molecule has 0 spiro atoms. The average molecular weight is 426 g/mol. The van der Waals surface area contributed by atoms with Crippen molar-refractivity contribution < 1.29 is 8.85 Å². The van der Waals surface area contributed by atoms with Gasteiger partial charge in [0.05, 0.1) is 17.9 Å². The fourth-order valence-electron chi connectivity index (χ4n) is 4.37. The molecule has 1 aliphatic carbocycles. The van der Waals surface area contributed by atoms with Gasteiger partial charge in [0.25, 0.3) is 0 Å². The third-order valence-corrected chi connectivity index (χ3v) is 17.4. The highest BCUT2D eigenvalue weighted by molar-refractivity contribution is 6.77. The van der Waals surface area contributed by atoms with Crippen LogP contribution < -0.4 is 0 Å². The van der Waals surface area contributed by atoms with Gasteiger partial charge in [0.1, 0.15) is 0 Å². The average Bonchev–Trinajstić information content (AvgIpc) is 2.52. The van der Waals surface area contributed by atoms with Gasteiger partial charge in [-0.05, 0) is 52.8 Å². The Morgan fingerprint density at radius 2 is 1.57 bits per heavy atom. The molecule has 0 saturated heterocycles. The van der Waals surface area contributed by atoms with Gasteiger partial charge in [-0.2, -0.15) is 0 Å². The maximum atomic E-state index is 9.17. The molecule has 2 atom stereocenters. The first-order valence-electron chi connectivity index (χ1n) is 10.8. The van der Waals surface area contributed by atoms with Crippen LogP contribution in [0.5, 0.6) is 0 Å². The third-order valence-electron chi connectivity index (χ3n) is 6.87. The molecule has 7 heteroatoms. The summed E-state index contributed by atoms with van der Waals surface area (Å²) in [7, 11) is -3.93. The van der Waals surface area contributed by atoms with Crippen LogP contribution in [0.3, 0.4) is 0 Å². The number of nitrogens with zero attached hydrogens (tertiary/aromatic N) is 3. The second kappa shape index (κ2) is 9.37. The van der Waals surface area contributed by atoms with Crippen LogP contribution in [-0.4, -0.2) is 28.8 Å². The van der Waals surface area contributed by atoms with Crippen LogP contribution in [0.2, 0.25) is 34.8 Å². The van der Waals surface area contributed by atoms with Crippen molar-refractivity contribution in [1.29, 1.82) is 0 Å². The predicted octanol–water partition coefficient (Wildman–Crippen LogP) is 7.93. The molecule has 0 aromatic heterocycles. The molecule has 1 rings (SSSR count). The van der Waals surface area contributed by atoms with Gasteiger partial charge in [0.15, 0.2) is 0 Å². The third kappa shape index (κ3) is 5.44. The van der Waals surface area contributed by atoms with Crippen molar-refractivity contribution in [2.75, 3.05) is 0 Å². The van der Waals surface area contributed by atoms with Crippen molar-refractivity contribution in [3.8, 4) is 0 Å². The molecule has 0 saturated carbocycles. The van der Waals surface area contributed by atoms with Crippen LogP contribution in [0.15, 0.2) is 16.9 Å². The first-order valence-corrected chi connectivity index (χ1v) is 15.8. The molecular weight excluding hydrogens is 382 g/mol. The molecule has 1 aliphatic rings. The van der Waals surface area contributed by atoms with Crippen molar-refractivity contribution in [3.63, 3.8) is 0 Å². The lowest BCUT2D eigenvalue weighted by molar-refractivity contribution is 0.132. The Bertz CT molecular complexity index is 581. The maximum absolute atomic E-state index is 9.17. The Morgan fingerprint density at radius 1 is 1.07 bits per heavy atom. The van der Waals surface area contributed by atoms with Gasteiger partial charge < -0.3 is 8.85 Å². The Kier molecular flexibility index (Phi) is 8.46. The van der Waals surface area contributed by atoms with Crippen molar-refractivity contribution in [1.82, 2.24) is 0 Å². The normalized spacial score (nSPS) is 21.7. The van der Waals surface area contributed by atoms with E-state index in [4.69, 9.17) is 8.85 Å². The lowest BCUT2D eigenvalue weighted by Gasteiger charge is -2.46. The molecule has 162 valence electrons. The molecule has 0 amide bonds. The largest absolute Gasteiger partial charge is 0.547 e. The Hall–Kier alpha value is -0.756. The van der Waals surface area contributed by atoms with E-state index in [-0.39, 0.29) is 17.2 Å². The van der Waals surface area contributed by atoms with E-state index >= 15 is 0 Å². The van der Waals surface area contributed by atoms with E-state index in [0.717, 1.165) is 12.2 Å². The zero-order valence-corrected chi connectivity index (χ0v) is 22.0. The summed E-state index contributed by atoms with van der Waals surface area (Å²) in [5, 5.41) is 4.29. The molecule has 0 heterocycles. The standard InChI is InChI=1S/C21H43N3O2Si2/c1-15(2)28(16(3)4,17(5)6)26-20-13-12-18(14-19(20)23-24-22)25-27(10,11)21(7,8)9/h12,15-17,19-20H,13-14H2,1-11H3/t19-,20-/m0/s1. The van der Waals surface area contributed by atoms with Gasteiger partial charge in [0, 0.05) is 11.3 Å². The Labute approximate surface area is 175 Å². The molecule has 0 fully saturated rings. The van der Waals surface area contributed by atoms with Crippen molar-refractivity contribution in [2.24, 2.45) is 5.11 Å². The van der Waals surface area contributed by atoms with E-state index in [2.05, 4.69) is 91.5 Å². The summed E-state index contributed by atoms with van der Waals surface area (Å²) >= 11 is 0.